The van der Waals surface area contributed by atoms with E-state index in [2.05, 4.69) is 31.2 Å². The molecule has 0 atom stereocenters. The Labute approximate surface area is 126 Å². The van der Waals surface area contributed by atoms with Gasteiger partial charge in [0.1, 0.15) is 11.2 Å². The van der Waals surface area contributed by atoms with Crippen LogP contribution in [0.3, 0.4) is 0 Å². The van der Waals surface area contributed by atoms with Crippen molar-refractivity contribution in [2.75, 3.05) is 5.32 Å². The summed E-state index contributed by atoms with van der Waals surface area (Å²) in [6.45, 7) is 0. The Bertz CT molecular complexity index is 892. The third-order valence-corrected chi connectivity index (χ3v) is 2.98. The largest absolute Gasteiger partial charge is 0.369 e. The molecule has 2 aromatic heterocycles. The maximum Gasteiger partial charge on any atom is 0.230 e. The minimum absolute atomic E-state index is 0.171. The van der Waals surface area contributed by atoms with E-state index in [9.17, 15) is 4.79 Å². The Kier molecular flexibility index (Phi) is 3.42. The molecule has 3 rings (SSSR count). The van der Waals surface area contributed by atoms with Crippen LogP contribution in [0, 0.1) is 12.3 Å². The number of H-pyrrole nitrogens is 1. The van der Waals surface area contributed by atoms with Gasteiger partial charge in [0, 0.05) is 5.69 Å². The number of nitrogens with one attached hydrogen (secondary N) is 2. The van der Waals surface area contributed by atoms with Gasteiger partial charge in [-0.3, -0.25) is 4.79 Å². The van der Waals surface area contributed by atoms with Gasteiger partial charge in [-0.1, -0.05) is 12.1 Å². The van der Waals surface area contributed by atoms with Crippen LogP contribution in [0.15, 0.2) is 30.6 Å². The molecule has 7 heteroatoms. The number of amides is 1. The molecular weight excluding hydrogens is 280 g/mol. The number of nitrogens with zero attached hydrogens (tertiary/aromatic N) is 3. The van der Waals surface area contributed by atoms with Gasteiger partial charge in [-0.2, -0.15) is 4.98 Å². The van der Waals surface area contributed by atoms with Crippen LogP contribution in [0.1, 0.15) is 11.3 Å². The van der Waals surface area contributed by atoms with Gasteiger partial charge in [0.2, 0.25) is 11.9 Å². The van der Waals surface area contributed by atoms with E-state index in [0.717, 1.165) is 11.3 Å². The van der Waals surface area contributed by atoms with Crippen LogP contribution in [0.25, 0.3) is 11.2 Å². The predicted molar refractivity (Wildman–Crippen MR) is 82.2 cm³/mol. The number of hydrogen-bond acceptors (Lipinski definition) is 5. The first-order chi connectivity index (χ1) is 10.7. The zero-order valence-electron chi connectivity index (χ0n) is 11.5. The van der Waals surface area contributed by atoms with Crippen LogP contribution < -0.4 is 11.1 Å². The Morgan fingerprint density at radius 1 is 1.41 bits per heavy atom. The minimum atomic E-state index is -0.388. The highest BCUT2D eigenvalue weighted by molar-refractivity contribution is 5.78. The SMILES string of the molecule is C#Cc1nc(Nc2cccc(CC(N)=O)c2)nc2nc[nH]c12. The van der Waals surface area contributed by atoms with Crippen molar-refractivity contribution in [3.8, 4) is 12.3 Å². The summed E-state index contributed by atoms with van der Waals surface area (Å²) in [6, 6.07) is 7.27. The number of anilines is 2. The Hall–Kier alpha value is -3.40. The summed E-state index contributed by atoms with van der Waals surface area (Å²) in [7, 11) is 0. The fourth-order valence-corrected chi connectivity index (χ4v) is 2.08. The van der Waals surface area contributed by atoms with Gasteiger partial charge in [-0.25, -0.2) is 9.97 Å². The summed E-state index contributed by atoms with van der Waals surface area (Å²) in [5, 5.41) is 3.05. The lowest BCUT2D eigenvalue weighted by molar-refractivity contribution is -0.117. The number of aromatic amines is 1. The van der Waals surface area contributed by atoms with Crippen LogP contribution in [0.4, 0.5) is 11.6 Å². The van der Waals surface area contributed by atoms with Crippen molar-refractivity contribution in [2.24, 2.45) is 5.73 Å². The highest BCUT2D eigenvalue weighted by atomic mass is 16.1. The van der Waals surface area contributed by atoms with Crippen molar-refractivity contribution in [2.45, 2.75) is 6.42 Å². The average molecular weight is 292 g/mol. The molecule has 0 saturated heterocycles. The molecule has 2 heterocycles. The van der Waals surface area contributed by atoms with Gasteiger partial charge in [-0.05, 0) is 23.6 Å². The number of carbonyl (C=O) groups is 1. The highest BCUT2D eigenvalue weighted by Crippen LogP contribution is 2.18. The summed E-state index contributed by atoms with van der Waals surface area (Å²) in [4.78, 5) is 26.5. The monoisotopic (exact) mass is 292 g/mol. The minimum Gasteiger partial charge on any atom is -0.369 e. The van der Waals surface area contributed by atoms with E-state index in [1.54, 1.807) is 6.07 Å². The summed E-state index contributed by atoms with van der Waals surface area (Å²) in [5.41, 5.74) is 8.27. The van der Waals surface area contributed by atoms with Gasteiger partial charge in [0.15, 0.2) is 5.65 Å². The first-order valence-corrected chi connectivity index (χ1v) is 6.47. The number of hydrogen-bond donors (Lipinski definition) is 3. The number of imidazole rings is 1. The zero-order valence-corrected chi connectivity index (χ0v) is 11.5. The molecule has 0 aliphatic rings. The second-order valence-corrected chi connectivity index (χ2v) is 4.61. The number of terminal acetylenes is 1. The second-order valence-electron chi connectivity index (χ2n) is 4.61. The van der Waals surface area contributed by atoms with E-state index >= 15 is 0 Å². The Morgan fingerprint density at radius 3 is 3.05 bits per heavy atom. The number of benzene rings is 1. The van der Waals surface area contributed by atoms with Crippen LogP contribution >= 0.6 is 0 Å². The standard InChI is InChI=1S/C15H12N6O/c1-2-11-13-14(18-8-17-13)21-15(20-11)19-10-5-3-4-9(6-10)7-12(16)22/h1,3-6,8H,7H2,(H2,16,22)(H2,17,18,19,20,21). The second kappa shape index (κ2) is 5.54. The first-order valence-electron chi connectivity index (χ1n) is 6.47. The van der Waals surface area contributed by atoms with Crippen molar-refractivity contribution in [3.63, 3.8) is 0 Å². The smallest absolute Gasteiger partial charge is 0.230 e. The van der Waals surface area contributed by atoms with E-state index < -0.39 is 0 Å². The molecule has 0 fully saturated rings. The van der Waals surface area contributed by atoms with Crippen molar-refractivity contribution >= 4 is 28.7 Å². The lowest BCUT2D eigenvalue weighted by Crippen LogP contribution is -2.13. The van der Waals surface area contributed by atoms with E-state index in [0.29, 0.717) is 22.8 Å². The summed E-state index contributed by atoms with van der Waals surface area (Å²) in [5.74, 6) is 2.45. The molecule has 0 unspecified atom stereocenters. The molecule has 0 radical (unpaired) electrons. The van der Waals surface area contributed by atoms with Gasteiger partial charge >= 0.3 is 0 Å². The summed E-state index contributed by atoms with van der Waals surface area (Å²) in [6.07, 6.45) is 7.13. The average Bonchev–Trinajstić information content (AvgIpc) is 2.94. The molecular formula is C15H12N6O. The molecule has 0 spiro atoms. The number of carbonyl (C=O) groups excluding carboxylic acids is 1. The summed E-state index contributed by atoms with van der Waals surface area (Å²) >= 11 is 0. The molecule has 108 valence electrons. The molecule has 0 aliphatic heterocycles. The van der Waals surface area contributed by atoms with Crippen molar-refractivity contribution in [1.82, 2.24) is 19.9 Å². The molecule has 0 bridgehead atoms. The lowest BCUT2D eigenvalue weighted by Gasteiger charge is -2.07. The van der Waals surface area contributed by atoms with Crippen molar-refractivity contribution in [1.29, 1.82) is 0 Å². The molecule has 0 aliphatic carbocycles. The molecule has 7 nitrogen and oxygen atoms in total. The maximum atomic E-state index is 11.0. The van der Waals surface area contributed by atoms with Gasteiger partial charge in [0.25, 0.3) is 0 Å². The van der Waals surface area contributed by atoms with Crippen molar-refractivity contribution in [3.05, 3.63) is 41.9 Å². The van der Waals surface area contributed by atoms with Crippen LogP contribution in [0.2, 0.25) is 0 Å². The van der Waals surface area contributed by atoms with Gasteiger partial charge in [0.05, 0.1) is 12.7 Å². The molecule has 3 aromatic rings. The lowest BCUT2D eigenvalue weighted by atomic mass is 10.1. The fraction of sp³-hybridized carbons (Fsp3) is 0.0667. The molecule has 22 heavy (non-hydrogen) atoms. The van der Waals surface area contributed by atoms with Gasteiger partial charge in [-0.15, -0.1) is 6.42 Å². The third-order valence-electron chi connectivity index (χ3n) is 2.98. The topological polar surface area (TPSA) is 110 Å². The van der Waals surface area contributed by atoms with Crippen molar-refractivity contribution < 1.29 is 4.79 Å². The van der Waals surface area contributed by atoms with E-state index in [4.69, 9.17) is 12.2 Å². The van der Waals surface area contributed by atoms with E-state index in [-0.39, 0.29) is 12.3 Å². The maximum absolute atomic E-state index is 11.0. The third kappa shape index (κ3) is 2.71. The molecule has 0 saturated carbocycles. The normalized spacial score (nSPS) is 10.3. The molecule has 1 amide bonds. The first kappa shape index (κ1) is 13.6. The molecule has 4 N–H and O–H groups in total. The number of rotatable bonds is 4. The number of fused-ring (bicyclic) bond motifs is 1. The fourth-order valence-electron chi connectivity index (χ4n) is 2.08. The number of aromatic nitrogens is 4. The number of primary amides is 1. The van der Waals surface area contributed by atoms with E-state index in [1.807, 2.05) is 18.2 Å². The van der Waals surface area contributed by atoms with Gasteiger partial charge < -0.3 is 16.0 Å². The highest BCUT2D eigenvalue weighted by Gasteiger charge is 2.08. The quantitative estimate of drug-likeness (QED) is 0.624. The van der Waals surface area contributed by atoms with Crippen LogP contribution in [0.5, 0.6) is 0 Å². The number of nitrogens with two attached hydrogens (primary N) is 1. The van der Waals surface area contributed by atoms with Crippen LogP contribution in [-0.4, -0.2) is 25.8 Å². The molecule has 1 aromatic carbocycles. The van der Waals surface area contributed by atoms with Crippen LogP contribution in [-0.2, 0) is 11.2 Å². The predicted octanol–water partition coefficient (Wildman–Crippen LogP) is 1.11. The Balaban J connectivity index is 1.93. The Morgan fingerprint density at radius 2 is 2.27 bits per heavy atom. The zero-order chi connectivity index (χ0) is 15.5. The van der Waals surface area contributed by atoms with E-state index in [1.165, 1.54) is 6.33 Å². The summed E-state index contributed by atoms with van der Waals surface area (Å²) < 4.78 is 0.